The maximum Gasteiger partial charge on any atom is 0.253 e. The Morgan fingerprint density at radius 1 is 0.975 bits per heavy atom. The highest BCUT2D eigenvalue weighted by molar-refractivity contribution is 6.06. The largest absolute Gasteiger partial charge is 0.344 e. The Kier molecular flexibility index (Phi) is 5.69. The summed E-state index contributed by atoms with van der Waals surface area (Å²) < 4.78 is 28.6. The van der Waals surface area contributed by atoms with Crippen LogP contribution in [0, 0.1) is 11.6 Å². The zero-order valence-corrected chi connectivity index (χ0v) is 21.5. The number of hydrogen-bond acceptors (Lipinski definition) is 5. The van der Waals surface area contributed by atoms with Crippen LogP contribution in [-0.4, -0.2) is 26.8 Å². The standard InChI is InChI=1S/C31H25F2N5O2/c32-23-7-1-5-21(26(23)33)17-8-9-24(27-18(12-17)4-2-10-34-27)37-29(39)20-13-19-14-31(15-25(19)36-16-20)22-6-3-11-35-28(22)38-30(31)40/h1-7,10-11,13,16-17,24H,8-9,12,14-15H2,(H,37,39)(H,35,38,40)/t17-,24-,31-/m0/s1. The summed E-state index contributed by atoms with van der Waals surface area (Å²) in [5.41, 5.74) is 4.11. The second-order valence-corrected chi connectivity index (χ2v) is 10.8. The van der Waals surface area contributed by atoms with Crippen LogP contribution in [0.1, 0.15) is 68.8 Å². The SMILES string of the molecule is O=C(N[C@H]1CC[C@H](c2cccc(F)c2F)Cc2cccnc21)c1cnc2c(c1)C[C@@]1(C2)C(=O)Nc2ncccc21. The van der Waals surface area contributed by atoms with Crippen LogP contribution >= 0.6 is 0 Å². The van der Waals surface area contributed by atoms with E-state index in [9.17, 15) is 18.4 Å². The summed E-state index contributed by atoms with van der Waals surface area (Å²) in [6, 6.07) is 13.2. The lowest BCUT2D eigenvalue weighted by Gasteiger charge is -2.19. The molecule has 1 spiro atoms. The van der Waals surface area contributed by atoms with E-state index in [0.717, 1.165) is 34.1 Å². The molecule has 3 aliphatic rings. The third-order valence-corrected chi connectivity index (χ3v) is 8.53. The van der Waals surface area contributed by atoms with Gasteiger partial charge in [0, 0.05) is 36.3 Å². The summed E-state index contributed by atoms with van der Waals surface area (Å²) in [5, 5.41) is 5.99. The van der Waals surface area contributed by atoms with E-state index in [1.54, 1.807) is 24.7 Å². The minimum Gasteiger partial charge on any atom is -0.344 e. The molecule has 0 fully saturated rings. The molecule has 3 atom stereocenters. The number of pyridine rings is 3. The average molecular weight is 538 g/mol. The molecule has 7 nitrogen and oxygen atoms in total. The van der Waals surface area contributed by atoms with Crippen molar-refractivity contribution >= 4 is 17.6 Å². The molecule has 9 heteroatoms. The molecule has 0 saturated heterocycles. The Hall–Kier alpha value is -4.53. The van der Waals surface area contributed by atoms with Crippen molar-refractivity contribution in [3.8, 4) is 0 Å². The van der Waals surface area contributed by atoms with Gasteiger partial charge < -0.3 is 10.6 Å². The quantitative estimate of drug-likeness (QED) is 0.369. The first kappa shape index (κ1) is 24.5. The van der Waals surface area contributed by atoms with Crippen LogP contribution in [0.15, 0.2) is 67.1 Å². The van der Waals surface area contributed by atoms with Crippen LogP contribution in [0.2, 0.25) is 0 Å². The van der Waals surface area contributed by atoms with Crippen molar-refractivity contribution in [3.63, 3.8) is 0 Å². The monoisotopic (exact) mass is 537 g/mol. The van der Waals surface area contributed by atoms with Gasteiger partial charge in [-0.2, -0.15) is 0 Å². The molecule has 1 aliphatic heterocycles. The minimum atomic E-state index is -0.862. The van der Waals surface area contributed by atoms with Crippen LogP contribution in [0.25, 0.3) is 0 Å². The topological polar surface area (TPSA) is 96.9 Å². The lowest BCUT2D eigenvalue weighted by molar-refractivity contribution is -0.120. The molecule has 40 heavy (non-hydrogen) atoms. The number of carbonyl (C=O) groups excluding carboxylic acids is 2. The molecule has 0 radical (unpaired) electrons. The van der Waals surface area contributed by atoms with E-state index in [2.05, 4.69) is 25.6 Å². The van der Waals surface area contributed by atoms with Crippen molar-refractivity contribution in [1.82, 2.24) is 20.3 Å². The van der Waals surface area contributed by atoms with Gasteiger partial charge in [0.25, 0.3) is 5.91 Å². The second-order valence-electron chi connectivity index (χ2n) is 10.8. The Morgan fingerprint density at radius 2 is 1.82 bits per heavy atom. The highest BCUT2D eigenvalue weighted by atomic mass is 19.2. The van der Waals surface area contributed by atoms with E-state index >= 15 is 0 Å². The van der Waals surface area contributed by atoms with Gasteiger partial charge in [0.2, 0.25) is 5.91 Å². The normalized spacial score (nSPS) is 22.7. The van der Waals surface area contributed by atoms with Gasteiger partial charge in [-0.1, -0.05) is 24.3 Å². The van der Waals surface area contributed by atoms with E-state index in [1.807, 2.05) is 30.3 Å². The fourth-order valence-electron chi connectivity index (χ4n) is 6.53. The van der Waals surface area contributed by atoms with Gasteiger partial charge in [-0.05, 0) is 72.6 Å². The summed E-state index contributed by atoms with van der Waals surface area (Å²) in [4.78, 5) is 39.9. The fraction of sp³-hybridized carbons (Fsp3) is 0.258. The summed E-state index contributed by atoms with van der Waals surface area (Å²) in [6.07, 6.45) is 7.33. The molecular weight excluding hydrogens is 512 g/mol. The van der Waals surface area contributed by atoms with Gasteiger partial charge in [-0.15, -0.1) is 0 Å². The average Bonchev–Trinajstić information content (AvgIpc) is 3.41. The van der Waals surface area contributed by atoms with Crippen LogP contribution in [0.3, 0.4) is 0 Å². The molecule has 4 aromatic rings. The summed E-state index contributed by atoms with van der Waals surface area (Å²) in [7, 11) is 0. The second kappa shape index (κ2) is 9.29. The molecule has 0 bridgehead atoms. The lowest BCUT2D eigenvalue weighted by Crippen LogP contribution is -2.35. The van der Waals surface area contributed by atoms with Gasteiger partial charge in [0.15, 0.2) is 11.6 Å². The molecule has 2 amide bonds. The zero-order valence-electron chi connectivity index (χ0n) is 21.5. The Balaban J connectivity index is 1.14. The van der Waals surface area contributed by atoms with E-state index < -0.39 is 23.1 Å². The van der Waals surface area contributed by atoms with E-state index in [1.165, 1.54) is 6.07 Å². The number of nitrogens with one attached hydrogen (secondary N) is 2. The Bertz CT molecular complexity index is 1690. The molecule has 2 aliphatic carbocycles. The first-order valence-electron chi connectivity index (χ1n) is 13.4. The number of halogens is 2. The predicted octanol–water partition coefficient (Wildman–Crippen LogP) is 4.73. The van der Waals surface area contributed by atoms with Crippen molar-refractivity contribution in [2.45, 2.75) is 49.5 Å². The van der Waals surface area contributed by atoms with Gasteiger partial charge in [0.1, 0.15) is 5.82 Å². The third kappa shape index (κ3) is 3.87. The lowest BCUT2D eigenvalue weighted by atomic mass is 9.80. The van der Waals surface area contributed by atoms with E-state index in [-0.39, 0.29) is 17.7 Å². The third-order valence-electron chi connectivity index (χ3n) is 8.53. The predicted molar refractivity (Wildman–Crippen MR) is 143 cm³/mol. The van der Waals surface area contributed by atoms with Gasteiger partial charge in [0.05, 0.1) is 22.7 Å². The molecule has 7 rings (SSSR count). The van der Waals surface area contributed by atoms with E-state index in [4.69, 9.17) is 0 Å². The number of hydrogen-bond donors (Lipinski definition) is 2. The van der Waals surface area contributed by atoms with Crippen molar-refractivity contribution in [2.75, 3.05) is 5.32 Å². The van der Waals surface area contributed by atoms with Gasteiger partial charge in [-0.3, -0.25) is 19.6 Å². The number of carbonyl (C=O) groups is 2. The fourth-order valence-corrected chi connectivity index (χ4v) is 6.53. The molecule has 0 unspecified atom stereocenters. The van der Waals surface area contributed by atoms with Crippen LogP contribution in [-0.2, 0) is 29.5 Å². The van der Waals surface area contributed by atoms with Crippen LogP contribution in [0.4, 0.5) is 14.6 Å². The van der Waals surface area contributed by atoms with E-state index in [0.29, 0.717) is 49.0 Å². The zero-order chi connectivity index (χ0) is 27.4. The maximum absolute atomic E-state index is 14.7. The number of anilines is 1. The van der Waals surface area contributed by atoms with Crippen molar-refractivity contribution in [1.29, 1.82) is 0 Å². The molecule has 0 saturated carbocycles. The number of nitrogens with zero attached hydrogens (tertiary/aromatic N) is 3. The van der Waals surface area contributed by atoms with Gasteiger partial charge >= 0.3 is 0 Å². The Labute approximate surface area is 229 Å². The molecule has 200 valence electrons. The number of fused-ring (bicyclic) bond motifs is 4. The molecular formula is C31H25F2N5O2. The van der Waals surface area contributed by atoms with Crippen LogP contribution in [0.5, 0.6) is 0 Å². The van der Waals surface area contributed by atoms with Gasteiger partial charge in [-0.25, -0.2) is 13.8 Å². The molecule has 4 heterocycles. The van der Waals surface area contributed by atoms with Crippen molar-refractivity contribution < 1.29 is 18.4 Å². The minimum absolute atomic E-state index is 0.101. The number of aromatic nitrogens is 3. The summed E-state index contributed by atoms with van der Waals surface area (Å²) >= 11 is 0. The Morgan fingerprint density at radius 3 is 2.73 bits per heavy atom. The molecule has 1 aromatic carbocycles. The maximum atomic E-state index is 14.7. The van der Waals surface area contributed by atoms with Crippen molar-refractivity contribution in [2.24, 2.45) is 0 Å². The van der Waals surface area contributed by atoms with Crippen LogP contribution < -0.4 is 10.6 Å². The number of benzene rings is 1. The highest BCUT2D eigenvalue weighted by Crippen LogP contribution is 2.46. The highest BCUT2D eigenvalue weighted by Gasteiger charge is 2.51. The molecule has 2 N–H and O–H groups in total. The summed E-state index contributed by atoms with van der Waals surface area (Å²) in [5.74, 6) is -1.75. The first-order valence-corrected chi connectivity index (χ1v) is 13.4. The summed E-state index contributed by atoms with van der Waals surface area (Å²) in [6.45, 7) is 0. The number of rotatable bonds is 3. The smallest absolute Gasteiger partial charge is 0.253 e. The van der Waals surface area contributed by atoms with Crippen molar-refractivity contribution in [3.05, 3.63) is 118 Å². The number of amides is 2. The first-order chi connectivity index (χ1) is 19.4. The molecule has 3 aromatic heterocycles.